The molecule has 6 nitrogen and oxygen atoms in total. The van der Waals surface area contributed by atoms with Crippen LogP contribution in [0.2, 0.25) is 0 Å². The molecule has 0 aliphatic carbocycles. The van der Waals surface area contributed by atoms with E-state index in [4.69, 9.17) is 9.47 Å². The van der Waals surface area contributed by atoms with Crippen molar-refractivity contribution in [2.45, 2.75) is 6.92 Å². The van der Waals surface area contributed by atoms with Crippen LogP contribution < -0.4 is 14.8 Å². The quantitative estimate of drug-likeness (QED) is 0.689. The number of benzene rings is 2. The van der Waals surface area contributed by atoms with Crippen LogP contribution in [0.3, 0.4) is 0 Å². The van der Waals surface area contributed by atoms with Crippen molar-refractivity contribution in [2.24, 2.45) is 0 Å². The average molecular weight is 370 g/mol. The zero-order valence-corrected chi connectivity index (χ0v) is 15.2. The maximum Gasteiger partial charge on any atom is 0.264 e. The van der Waals surface area contributed by atoms with E-state index in [-0.39, 0.29) is 24.0 Å². The molecule has 0 saturated heterocycles. The number of para-hydroxylation sites is 2. The van der Waals surface area contributed by atoms with Crippen molar-refractivity contribution in [3.63, 3.8) is 0 Å². The van der Waals surface area contributed by atoms with Crippen molar-refractivity contribution in [1.82, 2.24) is 4.98 Å². The summed E-state index contributed by atoms with van der Waals surface area (Å²) in [6.45, 7) is 1.74. The highest BCUT2D eigenvalue weighted by Gasteiger charge is 2.13. The number of hydrogen-bond acceptors (Lipinski definition) is 6. The van der Waals surface area contributed by atoms with Crippen LogP contribution in [-0.4, -0.2) is 29.7 Å². The number of nitrogens with zero attached hydrogens (tertiary/aromatic N) is 1. The van der Waals surface area contributed by atoms with Crippen LogP contribution in [0.4, 0.5) is 5.13 Å². The molecule has 3 aromatic rings. The van der Waals surface area contributed by atoms with Gasteiger partial charge in [0.2, 0.25) is 0 Å². The minimum Gasteiger partial charge on any atom is -0.504 e. The van der Waals surface area contributed by atoms with E-state index in [1.54, 1.807) is 25.3 Å². The summed E-state index contributed by atoms with van der Waals surface area (Å²) in [4.78, 5) is 17.6. The molecule has 0 atom stereocenters. The van der Waals surface area contributed by atoms with Crippen LogP contribution >= 0.6 is 11.3 Å². The van der Waals surface area contributed by atoms with E-state index < -0.39 is 0 Å². The maximum atomic E-state index is 12.1. The van der Waals surface area contributed by atoms with E-state index in [1.165, 1.54) is 17.4 Å². The number of anilines is 1. The van der Waals surface area contributed by atoms with Crippen LogP contribution in [-0.2, 0) is 4.79 Å². The Labute approximate surface area is 155 Å². The topological polar surface area (TPSA) is 80.7 Å². The number of carbonyl (C=O) groups is 1. The molecule has 7 heteroatoms. The van der Waals surface area contributed by atoms with E-state index >= 15 is 0 Å². The number of aryl methyl sites for hydroxylation is 1. The highest BCUT2D eigenvalue weighted by molar-refractivity contribution is 7.16. The third-order valence-electron chi connectivity index (χ3n) is 3.63. The Bertz CT molecular complexity index is 906. The maximum absolute atomic E-state index is 12.1. The Morgan fingerprint density at radius 3 is 2.62 bits per heavy atom. The number of aromatic hydroxyl groups is 1. The lowest BCUT2D eigenvalue weighted by molar-refractivity contribution is -0.118. The first-order valence-corrected chi connectivity index (χ1v) is 8.71. The largest absolute Gasteiger partial charge is 0.504 e. The van der Waals surface area contributed by atoms with Crippen molar-refractivity contribution >= 4 is 22.4 Å². The number of methoxy groups -OCH3 is 1. The van der Waals surface area contributed by atoms with Gasteiger partial charge in [-0.15, -0.1) is 11.3 Å². The van der Waals surface area contributed by atoms with Gasteiger partial charge in [-0.2, -0.15) is 0 Å². The van der Waals surface area contributed by atoms with Crippen LogP contribution in [0.15, 0.2) is 48.5 Å². The molecule has 2 aromatic carbocycles. The van der Waals surface area contributed by atoms with Gasteiger partial charge in [0.05, 0.1) is 12.8 Å². The molecule has 0 fully saturated rings. The smallest absolute Gasteiger partial charge is 0.264 e. The highest BCUT2D eigenvalue weighted by atomic mass is 32.1. The molecule has 1 heterocycles. The first kappa shape index (κ1) is 17.8. The molecule has 0 bridgehead atoms. The first-order valence-electron chi connectivity index (χ1n) is 7.89. The van der Waals surface area contributed by atoms with E-state index in [9.17, 15) is 9.90 Å². The summed E-state index contributed by atoms with van der Waals surface area (Å²) in [5.41, 5.74) is 1.76. The fraction of sp³-hybridized carbons (Fsp3) is 0.158. The number of phenols is 1. The minimum absolute atomic E-state index is 0.00724. The zero-order chi connectivity index (χ0) is 18.5. The molecule has 134 valence electrons. The van der Waals surface area contributed by atoms with Crippen molar-refractivity contribution in [3.05, 3.63) is 53.4 Å². The number of carbonyl (C=O) groups excluding carboxylic acids is 1. The molecule has 26 heavy (non-hydrogen) atoms. The number of phenolic OH excluding ortho intramolecular Hbond substituents is 1. The van der Waals surface area contributed by atoms with Gasteiger partial charge in [0.25, 0.3) is 5.91 Å². The van der Waals surface area contributed by atoms with Gasteiger partial charge < -0.3 is 14.6 Å². The van der Waals surface area contributed by atoms with Gasteiger partial charge in [-0.3, -0.25) is 10.1 Å². The standard InChI is InChI=1S/C19H18N2O4S/c1-12-18(13-7-9-14(24-2)10-8-13)21-19(26-12)20-17(23)11-25-16-6-4-3-5-15(16)22/h3-10,22H,11H2,1-2H3,(H,20,21,23). The molecule has 2 N–H and O–H groups in total. The number of thiazole rings is 1. The summed E-state index contributed by atoms with van der Waals surface area (Å²) in [7, 11) is 1.62. The molecule has 1 amide bonds. The molecular formula is C19H18N2O4S. The lowest BCUT2D eigenvalue weighted by Crippen LogP contribution is -2.20. The minimum atomic E-state index is -0.344. The fourth-order valence-electron chi connectivity index (χ4n) is 2.34. The van der Waals surface area contributed by atoms with Crippen molar-refractivity contribution < 1.29 is 19.4 Å². The Morgan fingerprint density at radius 2 is 1.92 bits per heavy atom. The average Bonchev–Trinajstić information content (AvgIpc) is 3.01. The van der Waals surface area contributed by atoms with Crippen molar-refractivity contribution in [1.29, 1.82) is 0 Å². The van der Waals surface area contributed by atoms with Crippen molar-refractivity contribution in [3.8, 4) is 28.5 Å². The summed E-state index contributed by atoms with van der Waals surface area (Å²) >= 11 is 1.39. The van der Waals surface area contributed by atoms with Gasteiger partial charge in [0.15, 0.2) is 23.2 Å². The molecule has 0 saturated carbocycles. The van der Waals surface area contributed by atoms with Crippen LogP contribution in [0, 0.1) is 6.92 Å². The number of aromatic nitrogens is 1. The Balaban J connectivity index is 1.65. The van der Waals surface area contributed by atoms with Gasteiger partial charge in [-0.25, -0.2) is 4.98 Å². The summed E-state index contributed by atoms with van der Waals surface area (Å²) in [6, 6.07) is 14.1. The van der Waals surface area contributed by atoms with E-state index in [0.29, 0.717) is 5.13 Å². The lowest BCUT2D eigenvalue weighted by atomic mass is 10.1. The van der Waals surface area contributed by atoms with E-state index in [2.05, 4.69) is 10.3 Å². The first-order chi connectivity index (χ1) is 12.6. The Kier molecular flexibility index (Phi) is 5.38. The van der Waals surface area contributed by atoms with E-state index in [1.807, 2.05) is 31.2 Å². The number of rotatable bonds is 6. The summed E-state index contributed by atoms with van der Waals surface area (Å²) in [5.74, 6) is 0.684. The second-order valence-electron chi connectivity index (χ2n) is 5.46. The van der Waals surface area contributed by atoms with Gasteiger partial charge in [0.1, 0.15) is 5.75 Å². The van der Waals surface area contributed by atoms with E-state index in [0.717, 1.165) is 21.9 Å². The number of ether oxygens (including phenoxy) is 2. The third-order valence-corrected chi connectivity index (χ3v) is 4.52. The molecule has 1 aromatic heterocycles. The lowest BCUT2D eigenvalue weighted by Gasteiger charge is -2.07. The SMILES string of the molecule is COc1ccc(-c2nc(NC(=O)COc3ccccc3O)sc2C)cc1. The Morgan fingerprint density at radius 1 is 1.19 bits per heavy atom. The predicted octanol–water partition coefficient (Wildman–Crippen LogP) is 3.85. The highest BCUT2D eigenvalue weighted by Crippen LogP contribution is 2.31. The second-order valence-corrected chi connectivity index (χ2v) is 6.66. The van der Waals surface area contributed by atoms with Gasteiger partial charge >= 0.3 is 0 Å². The van der Waals surface area contributed by atoms with Crippen LogP contribution in [0.1, 0.15) is 4.88 Å². The molecule has 0 radical (unpaired) electrons. The van der Waals surface area contributed by atoms with Crippen molar-refractivity contribution in [2.75, 3.05) is 19.0 Å². The summed E-state index contributed by atoms with van der Waals surface area (Å²) in [5, 5.41) is 12.9. The van der Waals surface area contributed by atoms with Gasteiger partial charge in [0, 0.05) is 10.4 Å². The molecule has 0 aliphatic heterocycles. The van der Waals surface area contributed by atoms with Crippen LogP contribution in [0.5, 0.6) is 17.2 Å². The number of nitrogens with one attached hydrogen (secondary N) is 1. The third kappa shape index (κ3) is 4.12. The summed E-state index contributed by atoms with van der Waals surface area (Å²) < 4.78 is 10.5. The summed E-state index contributed by atoms with van der Waals surface area (Å²) in [6.07, 6.45) is 0. The van der Waals surface area contributed by atoms with Gasteiger partial charge in [-0.1, -0.05) is 12.1 Å². The molecule has 0 aliphatic rings. The molecule has 0 unspecified atom stereocenters. The predicted molar refractivity (Wildman–Crippen MR) is 101 cm³/mol. The number of amides is 1. The molecule has 0 spiro atoms. The molecule has 3 rings (SSSR count). The Hall–Kier alpha value is -3.06. The van der Waals surface area contributed by atoms with Gasteiger partial charge in [-0.05, 0) is 43.3 Å². The second kappa shape index (κ2) is 7.88. The van der Waals surface area contributed by atoms with Crippen LogP contribution in [0.25, 0.3) is 11.3 Å². The number of hydrogen-bond donors (Lipinski definition) is 2. The monoisotopic (exact) mass is 370 g/mol. The molecular weight excluding hydrogens is 352 g/mol. The fourth-order valence-corrected chi connectivity index (χ4v) is 3.20. The zero-order valence-electron chi connectivity index (χ0n) is 14.4. The normalized spacial score (nSPS) is 10.4.